The van der Waals surface area contributed by atoms with Crippen LogP contribution in [0.2, 0.25) is 0 Å². The molecule has 0 unspecified atom stereocenters. The molecule has 0 aliphatic carbocycles. The van der Waals surface area contributed by atoms with Gasteiger partial charge in [-0.2, -0.15) is 0 Å². The van der Waals surface area contributed by atoms with E-state index in [1.165, 1.54) is 6.07 Å². The van der Waals surface area contributed by atoms with Crippen molar-refractivity contribution >= 4 is 5.91 Å². The number of hydrogen-bond donors (Lipinski definition) is 1. The van der Waals surface area contributed by atoms with E-state index in [4.69, 9.17) is 9.47 Å². The fourth-order valence-corrected chi connectivity index (χ4v) is 3.50. The molecule has 29 heavy (non-hydrogen) atoms. The van der Waals surface area contributed by atoms with E-state index in [1.807, 2.05) is 36.4 Å². The first-order chi connectivity index (χ1) is 14.1. The van der Waals surface area contributed by atoms with Crippen LogP contribution in [0.25, 0.3) is 11.1 Å². The molecule has 0 radical (unpaired) electrons. The highest BCUT2D eigenvalue weighted by Gasteiger charge is 2.29. The van der Waals surface area contributed by atoms with Crippen molar-refractivity contribution < 1.29 is 18.7 Å². The van der Waals surface area contributed by atoms with Gasteiger partial charge < -0.3 is 14.8 Å². The first kappa shape index (κ1) is 18.9. The summed E-state index contributed by atoms with van der Waals surface area (Å²) in [4.78, 5) is 16.3. The molecule has 0 saturated carbocycles. The predicted octanol–water partition coefficient (Wildman–Crippen LogP) is 3.56. The minimum Gasteiger partial charge on any atom is -0.497 e. The molecule has 1 aliphatic rings. The quantitative estimate of drug-likeness (QED) is 0.697. The van der Waals surface area contributed by atoms with E-state index in [-0.39, 0.29) is 24.2 Å². The third-order valence-electron chi connectivity index (χ3n) is 4.94. The molecule has 2 aromatic carbocycles. The van der Waals surface area contributed by atoms with Gasteiger partial charge in [0.2, 0.25) is 5.91 Å². The SMILES string of the molecule is COc1cccc(CC(=O)NC[C@@H]2Cc3c(F)ccc(-c4ccncc4)c3O2)c1. The minimum absolute atomic E-state index is 0.118. The maximum absolute atomic E-state index is 14.3. The highest BCUT2D eigenvalue weighted by Crippen LogP contribution is 2.40. The first-order valence-electron chi connectivity index (χ1n) is 9.42. The van der Waals surface area contributed by atoms with Gasteiger partial charge in [-0.25, -0.2) is 4.39 Å². The van der Waals surface area contributed by atoms with Gasteiger partial charge in [-0.3, -0.25) is 9.78 Å². The molecule has 0 bridgehead atoms. The summed E-state index contributed by atoms with van der Waals surface area (Å²) in [6.07, 6.45) is 3.73. The number of fused-ring (bicyclic) bond motifs is 1. The molecule has 1 atom stereocenters. The Hall–Kier alpha value is -3.41. The standard InChI is InChI=1S/C23H21FN2O3/c1-28-17-4-2-3-15(11-17)12-22(27)26-14-18-13-20-21(24)6-5-19(23(20)29-18)16-7-9-25-10-8-16/h2-11,18H,12-14H2,1H3,(H,26,27)/t18-/m0/s1. The lowest BCUT2D eigenvalue weighted by atomic mass is 10.0. The van der Waals surface area contributed by atoms with Gasteiger partial charge in [-0.15, -0.1) is 0 Å². The summed E-state index contributed by atoms with van der Waals surface area (Å²) in [7, 11) is 1.59. The van der Waals surface area contributed by atoms with Crippen LogP contribution in [-0.2, 0) is 17.6 Å². The third-order valence-corrected chi connectivity index (χ3v) is 4.94. The number of amides is 1. The zero-order valence-electron chi connectivity index (χ0n) is 16.0. The number of hydrogen-bond acceptors (Lipinski definition) is 4. The zero-order valence-corrected chi connectivity index (χ0v) is 16.0. The van der Waals surface area contributed by atoms with Crippen molar-refractivity contribution in [3.05, 3.63) is 77.9 Å². The van der Waals surface area contributed by atoms with E-state index in [2.05, 4.69) is 10.3 Å². The van der Waals surface area contributed by atoms with Crippen LogP contribution in [-0.4, -0.2) is 30.6 Å². The van der Waals surface area contributed by atoms with E-state index in [9.17, 15) is 9.18 Å². The number of rotatable bonds is 6. The van der Waals surface area contributed by atoms with Crippen molar-refractivity contribution in [2.75, 3.05) is 13.7 Å². The van der Waals surface area contributed by atoms with Crippen molar-refractivity contribution in [2.24, 2.45) is 0 Å². The topological polar surface area (TPSA) is 60.5 Å². The Morgan fingerprint density at radius 1 is 1.24 bits per heavy atom. The number of nitrogens with zero attached hydrogens (tertiary/aromatic N) is 1. The number of halogens is 1. The van der Waals surface area contributed by atoms with E-state index < -0.39 is 0 Å². The van der Waals surface area contributed by atoms with Gasteiger partial charge in [0.15, 0.2) is 0 Å². The van der Waals surface area contributed by atoms with Gasteiger partial charge >= 0.3 is 0 Å². The van der Waals surface area contributed by atoms with Crippen molar-refractivity contribution in [1.29, 1.82) is 0 Å². The van der Waals surface area contributed by atoms with Crippen LogP contribution in [0.1, 0.15) is 11.1 Å². The molecule has 0 spiro atoms. The maximum atomic E-state index is 14.3. The van der Waals surface area contributed by atoms with Crippen LogP contribution in [0, 0.1) is 5.82 Å². The highest BCUT2D eigenvalue weighted by molar-refractivity contribution is 5.78. The Bertz CT molecular complexity index is 1020. The fraction of sp³-hybridized carbons (Fsp3) is 0.217. The lowest BCUT2D eigenvalue weighted by molar-refractivity contribution is -0.120. The summed E-state index contributed by atoms with van der Waals surface area (Å²) in [5, 5.41) is 2.89. The second-order valence-corrected chi connectivity index (χ2v) is 6.91. The van der Waals surface area contributed by atoms with Crippen molar-refractivity contribution in [1.82, 2.24) is 10.3 Å². The number of carbonyl (C=O) groups excluding carboxylic acids is 1. The van der Waals surface area contributed by atoms with Crippen LogP contribution in [0.4, 0.5) is 4.39 Å². The number of benzene rings is 2. The number of ether oxygens (including phenoxy) is 2. The van der Waals surface area contributed by atoms with Gasteiger partial charge in [-0.1, -0.05) is 12.1 Å². The molecule has 1 N–H and O–H groups in total. The number of carbonyl (C=O) groups is 1. The Kier molecular flexibility index (Phi) is 5.42. The molecule has 5 nitrogen and oxygen atoms in total. The van der Waals surface area contributed by atoms with E-state index in [0.717, 1.165) is 16.7 Å². The smallest absolute Gasteiger partial charge is 0.224 e. The largest absolute Gasteiger partial charge is 0.497 e. The normalized spacial score (nSPS) is 14.8. The molecule has 4 rings (SSSR count). The highest BCUT2D eigenvalue weighted by atomic mass is 19.1. The summed E-state index contributed by atoms with van der Waals surface area (Å²) < 4.78 is 25.5. The van der Waals surface area contributed by atoms with Gasteiger partial charge in [-0.05, 0) is 47.5 Å². The summed E-state index contributed by atoms with van der Waals surface area (Å²) in [6, 6.07) is 14.3. The molecular weight excluding hydrogens is 371 g/mol. The van der Waals surface area contributed by atoms with Crippen LogP contribution in [0.5, 0.6) is 11.5 Å². The van der Waals surface area contributed by atoms with Gasteiger partial charge in [0.1, 0.15) is 23.4 Å². The van der Waals surface area contributed by atoms with E-state index in [1.54, 1.807) is 25.6 Å². The number of pyridine rings is 1. The molecule has 1 amide bonds. The lowest BCUT2D eigenvalue weighted by Crippen LogP contribution is -2.35. The van der Waals surface area contributed by atoms with Gasteiger partial charge in [0.05, 0.1) is 20.1 Å². The second-order valence-electron chi connectivity index (χ2n) is 6.91. The van der Waals surface area contributed by atoms with Gasteiger partial charge in [0.25, 0.3) is 0 Å². The number of methoxy groups -OCH3 is 1. The minimum atomic E-state index is -0.309. The van der Waals surface area contributed by atoms with Crippen LogP contribution in [0.15, 0.2) is 60.9 Å². The van der Waals surface area contributed by atoms with E-state index >= 15 is 0 Å². The zero-order chi connectivity index (χ0) is 20.2. The third kappa shape index (κ3) is 4.21. The van der Waals surface area contributed by atoms with Crippen LogP contribution >= 0.6 is 0 Å². The van der Waals surface area contributed by atoms with Crippen LogP contribution in [0.3, 0.4) is 0 Å². The van der Waals surface area contributed by atoms with Crippen molar-refractivity contribution in [3.8, 4) is 22.6 Å². The number of aromatic nitrogens is 1. The van der Waals surface area contributed by atoms with Crippen molar-refractivity contribution in [3.63, 3.8) is 0 Å². The van der Waals surface area contributed by atoms with Crippen molar-refractivity contribution in [2.45, 2.75) is 18.9 Å². The molecule has 148 valence electrons. The van der Waals surface area contributed by atoms with E-state index in [0.29, 0.717) is 30.0 Å². The summed E-state index contributed by atoms with van der Waals surface area (Å²) in [5.74, 6) is 0.850. The van der Waals surface area contributed by atoms with Gasteiger partial charge in [0, 0.05) is 29.9 Å². The molecule has 0 fully saturated rings. The Labute approximate surface area is 168 Å². The second kappa shape index (κ2) is 8.31. The fourth-order valence-electron chi connectivity index (χ4n) is 3.50. The molecule has 6 heteroatoms. The molecule has 2 heterocycles. The lowest BCUT2D eigenvalue weighted by Gasteiger charge is -2.14. The number of nitrogens with one attached hydrogen (secondary N) is 1. The average Bonchev–Trinajstić information content (AvgIpc) is 3.18. The Morgan fingerprint density at radius 2 is 2.07 bits per heavy atom. The molecule has 0 saturated heterocycles. The monoisotopic (exact) mass is 392 g/mol. The molecule has 1 aliphatic heterocycles. The Balaban J connectivity index is 1.41. The summed E-state index contributed by atoms with van der Waals surface area (Å²) in [6.45, 7) is 0.312. The molecule has 3 aromatic rings. The maximum Gasteiger partial charge on any atom is 0.224 e. The molecular formula is C23H21FN2O3. The Morgan fingerprint density at radius 3 is 2.86 bits per heavy atom. The average molecular weight is 392 g/mol. The van der Waals surface area contributed by atoms with Crippen LogP contribution < -0.4 is 14.8 Å². The molecule has 1 aromatic heterocycles. The predicted molar refractivity (Wildman–Crippen MR) is 107 cm³/mol. The first-order valence-corrected chi connectivity index (χ1v) is 9.42. The summed E-state index contributed by atoms with van der Waals surface area (Å²) >= 11 is 0. The summed E-state index contributed by atoms with van der Waals surface area (Å²) in [5.41, 5.74) is 3.16.